The van der Waals surface area contributed by atoms with E-state index in [1.165, 1.54) is 21.3 Å². The van der Waals surface area contributed by atoms with Crippen molar-refractivity contribution >= 4 is 23.6 Å². The van der Waals surface area contributed by atoms with Crippen molar-refractivity contribution < 1.29 is 14.3 Å². The second kappa shape index (κ2) is 10.7. The van der Waals surface area contributed by atoms with Crippen LogP contribution in [0.4, 0.5) is 0 Å². The monoisotopic (exact) mass is 420 g/mol. The Morgan fingerprint density at radius 3 is 2.34 bits per heavy atom. The second-order valence-corrected chi connectivity index (χ2v) is 7.18. The number of amides is 2. The molecule has 10 heteroatoms. The molecule has 1 heterocycles. The van der Waals surface area contributed by atoms with Crippen molar-refractivity contribution in [2.75, 3.05) is 44.9 Å². The smallest absolute Gasteiger partial charge is 0.242 e. The molecule has 2 amide bonds. The zero-order valence-electron chi connectivity index (χ0n) is 17.3. The Morgan fingerprint density at radius 2 is 1.76 bits per heavy atom. The lowest BCUT2D eigenvalue weighted by molar-refractivity contribution is -0.137. The summed E-state index contributed by atoms with van der Waals surface area (Å²) < 4.78 is 6.78. The SMILES string of the molecule is CCOc1ccc(-c2nnc(SCC(=O)N(C)CC(=O)N(CC)CC)n2N)cc1. The lowest BCUT2D eigenvalue weighted by Gasteiger charge is -2.23. The fraction of sp³-hybridized carbons (Fsp3) is 0.474. The number of carbonyl (C=O) groups excluding carboxylic acids is 2. The minimum atomic E-state index is -0.180. The zero-order valence-corrected chi connectivity index (χ0v) is 18.1. The van der Waals surface area contributed by atoms with Crippen LogP contribution in [0.5, 0.6) is 5.75 Å². The molecule has 0 atom stereocenters. The summed E-state index contributed by atoms with van der Waals surface area (Å²) in [7, 11) is 1.61. The summed E-state index contributed by atoms with van der Waals surface area (Å²) in [4.78, 5) is 27.6. The number of aromatic nitrogens is 3. The molecule has 0 aliphatic rings. The van der Waals surface area contributed by atoms with E-state index in [2.05, 4.69) is 10.2 Å². The third-order valence-electron chi connectivity index (χ3n) is 4.33. The Labute approximate surface area is 175 Å². The van der Waals surface area contributed by atoms with E-state index in [4.69, 9.17) is 10.6 Å². The Hall–Kier alpha value is -2.75. The number of nitrogens with zero attached hydrogens (tertiary/aromatic N) is 5. The van der Waals surface area contributed by atoms with Crippen molar-refractivity contribution in [3.63, 3.8) is 0 Å². The number of rotatable bonds is 10. The molecule has 2 rings (SSSR count). The lowest BCUT2D eigenvalue weighted by atomic mass is 10.2. The summed E-state index contributed by atoms with van der Waals surface area (Å²) in [5.41, 5.74) is 0.795. The van der Waals surface area contributed by atoms with E-state index in [1.807, 2.05) is 45.0 Å². The molecule has 158 valence electrons. The fourth-order valence-corrected chi connectivity index (χ4v) is 3.44. The number of nitrogen functional groups attached to an aromatic ring is 1. The van der Waals surface area contributed by atoms with Gasteiger partial charge in [0.15, 0.2) is 5.82 Å². The van der Waals surface area contributed by atoms with E-state index in [9.17, 15) is 9.59 Å². The van der Waals surface area contributed by atoms with Crippen molar-refractivity contribution in [1.29, 1.82) is 0 Å². The maximum atomic E-state index is 12.4. The van der Waals surface area contributed by atoms with Gasteiger partial charge in [-0.2, -0.15) is 0 Å². The number of hydrogen-bond donors (Lipinski definition) is 1. The predicted octanol–water partition coefficient (Wildman–Crippen LogP) is 1.48. The van der Waals surface area contributed by atoms with Gasteiger partial charge in [0.05, 0.1) is 18.9 Å². The van der Waals surface area contributed by atoms with Gasteiger partial charge in [0.1, 0.15) is 5.75 Å². The van der Waals surface area contributed by atoms with Crippen LogP contribution in [0, 0.1) is 0 Å². The molecule has 0 spiro atoms. The summed E-state index contributed by atoms with van der Waals surface area (Å²) >= 11 is 1.18. The summed E-state index contributed by atoms with van der Waals surface area (Å²) in [6, 6.07) is 7.38. The van der Waals surface area contributed by atoms with Crippen molar-refractivity contribution in [3.05, 3.63) is 24.3 Å². The highest BCUT2D eigenvalue weighted by molar-refractivity contribution is 7.99. The fourth-order valence-electron chi connectivity index (χ4n) is 2.64. The molecule has 0 saturated heterocycles. The molecule has 0 fully saturated rings. The number of thioether (sulfide) groups is 1. The van der Waals surface area contributed by atoms with Gasteiger partial charge >= 0.3 is 0 Å². The average molecular weight is 421 g/mol. The third-order valence-corrected chi connectivity index (χ3v) is 5.25. The Balaban J connectivity index is 1.96. The molecular formula is C19H28N6O3S. The van der Waals surface area contributed by atoms with Crippen LogP contribution in [0.1, 0.15) is 20.8 Å². The predicted molar refractivity (Wildman–Crippen MR) is 113 cm³/mol. The Morgan fingerprint density at radius 1 is 1.10 bits per heavy atom. The number of hydrogen-bond acceptors (Lipinski definition) is 7. The van der Waals surface area contributed by atoms with Crippen LogP contribution in [-0.2, 0) is 9.59 Å². The molecule has 0 unspecified atom stereocenters. The molecule has 1 aromatic heterocycles. The van der Waals surface area contributed by atoms with E-state index in [0.29, 0.717) is 30.7 Å². The van der Waals surface area contributed by atoms with Crippen LogP contribution < -0.4 is 10.6 Å². The highest BCUT2D eigenvalue weighted by atomic mass is 32.2. The highest BCUT2D eigenvalue weighted by Gasteiger charge is 2.19. The van der Waals surface area contributed by atoms with Crippen LogP contribution in [0.2, 0.25) is 0 Å². The van der Waals surface area contributed by atoms with Crippen LogP contribution in [0.25, 0.3) is 11.4 Å². The molecule has 0 aliphatic carbocycles. The number of ether oxygens (including phenoxy) is 1. The van der Waals surface area contributed by atoms with Crippen molar-refractivity contribution in [1.82, 2.24) is 24.7 Å². The zero-order chi connectivity index (χ0) is 21.4. The molecule has 2 N–H and O–H groups in total. The third kappa shape index (κ3) is 5.86. The molecular weight excluding hydrogens is 392 g/mol. The summed E-state index contributed by atoms with van der Waals surface area (Å²) in [6.07, 6.45) is 0. The largest absolute Gasteiger partial charge is 0.494 e. The maximum Gasteiger partial charge on any atom is 0.242 e. The van der Waals surface area contributed by atoms with Gasteiger partial charge in [-0.3, -0.25) is 9.59 Å². The van der Waals surface area contributed by atoms with Gasteiger partial charge in [-0.1, -0.05) is 11.8 Å². The summed E-state index contributed by atoms with van der Waals surface area (Å²) in [5, 5.41) is 8.61. The second-order valence-electron chi connectivity index (χ2n) is 6.24. The first-order chi connectivity index (χ1) is 13.9. The van der Waals surface area contributed by atoms with Gasteiger partial charge in [0.25, 0.3) is 0 Å². The molecule has 29 heavy (non-hydrogen) atoms. The maximum absolute atomic E-state index is 12.4. The standard InChI is InChI=1S/C19H28N6O3S/c1-5-24(6-2)16(26)12-23(4)17(27)13-29-19-22-21-18(25(19)20)14-8-10-15(11-9-14)28-7-3/h8-11H,5-7,12-13,20H2,1-4H3. The molecule has 0 aliphatic heterocycles. The van der Waals surface area contributed by atoms with Gasteiger partial charge in [0.2, 0.25) is 17.0 Å². The highest BCUT2D eigenvalue weighted by Crippen LogP contribution is 2.23. The van der Waals surface area contributed by atoms with Gasteiger partial charge in [-0.05, 0) is 45.0 Å². The molecule has 2 aromatic rings. The van der Waals surface area contributed by atoms with Crippen LogP contribution in [0.3, 0.4) is 0 Å². The first-order valence-electron chi connectivity index (χ1n) is 9.49. The quantitative estimate of drug-likeness (QED) is 0.458. The van der Waals surface area contributed by atoms with Gasteiger partial charge in [-0.15, -0.1) is 10.2 Å². The first-order valence-corrected chi connectivity index (χ1v) is 10.5. The normalized spacial score (nSPS) is 10.6. The van der Waals surface area contributed by atoms with E-state index in [-0.39, 0.29) is 24.1 Å². The number of carbonyl (C=O) groups is 2. The summed E-state index contributed by atoms with van der Waals surface area (Å²) in [6.45, 7) is 7.63. The molecule has 0 saturated carbocycles. The Kier molecular flexibility index (Phi) is 8.32. The van der Waals surface area contributed by atoms with Gasteiger partial charge in [0, 0.05) is 25.7 Å². The molecule has 1 aromatic carbocycles. The number of likely N-dealkylation sites (N-methyl/N-ethyl adjacent to an activating group) is 2. The van der Waals surface area contributed by atoms with Crippen LogP contribution >= 0.6 is 11.8 Å². The average Bonchev–Trinajstić information content (AvgIpc) is 3.08. The van der Waals surface area contributed by atoms with E-state index in [1.54, 1.807) is 11.9 Å². The number of nitrogens with two attached hydrogens (primary N) is 1. The van der Waals surface area contributed by atoms with E-state index >= 15 is 0 Å². The number of benzene rings is 1. The van der Waals surface area contributed by atoms with E-state index < -0.39 is 0 Å². The van der Waals surface area contributed by atoms with Crippen LogP contribution in [0.15, 0.2) is 29.4 Å². The molecule has 0 bridgehead atoms. The molecule has 0 radical (unpaired) electrons. The first kappa shape index (κ1) is 22.5. The van der Waals surface area contributed by atoms with Gasteiger partial charge in [-0.25, -0.2) is 4.68 Å². The minimum absolute atomic E-state index is 0.0494. The molecule has 9 nitrogen and oxygen atoms in total. The van der Waals surface area contributed by atoms with Gasteiger partial charge < -0.3 is 20.4 Å². The van der Waals surface area contributed by atoms with Crippen molar-refractivity contribution in [3.8, 4) is 17.1 Å². The van der Waals surface area contributed by atoms with Crippen molar-refractivity contribution in [2.45, 2.75) is 25.9 Å². The van der Waals surface area contributed by atoms with Crippen LogP contribution in [-0.4, -0.2) is 75.5 Å². The lowest BCUT2D eigenvalue weighted by Crippen LogP contribution is -2.41. The topological polar surface area (TPSA) is 107 Å². The van der Waals surface area contributed by atoms with Crippen molar-refractivity contribution in [2.24, 2.45) is 0 Å². The Bertz CT molecular complexity index is 820. The summed E-state index contributed by atoms with van der Waals surface area (Å²) in [5.74, 6) is 7.22. The van der Waals surface area contributed by atoms with E-state index in [0.717, 1.165) is 11.3 Å². The minimum Gasteiger partial charge on any atom is -0.494 e.